The largest absolute Gasteiger partial charge is 0.475 e. The highest BCUT2D eigenvalue weighted by Crippen LogP contribution is 2.43. The van der Waals surface area contributed by atoms with Gasteiger partial charge in [-0.3, -0.25) is 0 Å². The molecule has 3 aliphatic rings. The molecular weight excluding hydrogens is 1040 g/mol. The summed E-state index contributed by atoms with van der Waals surface area (Å²) < 4.78 is 119. The summed E-state index contributed by atoms with van der Waals surface area (Å²) >= 11 is 5.05. The molecule has 73 heavy (non-hydrogen) atoms. The third-order valence-electron chi connectivity index (χ3n) is 10.1. The van der Waals surface area contributed by atoms with E-state index in [9.17, 15) is 35.3 Å². The summed E-state index contributed by atoms with van der Waals surface area (Å²) in [5.41, 5.74) is 3.33. The molecule has 0 aromatic heterocycles. The van der Waals surface area contributed by atoms with E-state index in [0.717, 1.165) is 51.9 Å². The van der Waals surface area contributed by atoms with Crippen LogP contribution in [0.2, 0.25) is 0 Å². The van der Waals surface area contributed by atoms with Crippen molar-refractivity contribution in [1.82, 2.24) is 0 Å². The minimum absolute atomic E-state index is 0. The van der Waals surface area contributed by atoms with Crippen LogP contribution in [0.1, 0.15) is 93.5 Å². The van der Waals surface area contributed by atoms with Gasteiger partial charge in [-0.25, -0.2) is 19.4 Å². The number of rotatable bonds is 8. The molecule has 5 aromatic rings. The van der Waals surface area contributed by atoms with Gasteiger partial charge in [0.25, 0.3) is 0 Å². The van der Waals surface area contributed by atoms with Gasteiger partial charge in [0.2, 0.25) is 17.7 Å². The van der Waals surface area contributed by atoms with E-state index in [1.807, 2.05) is 63.2 Å². The van der Waals surface area contributed by atoms with Gasteiger partial charge in [-0.1, -0.05) is 101 Å². The van der Waals surface area contributed by atoms with Crippen molar-refractivity contribution in [3.8, 4) is 0 Å². The van der Waals surface area contributed by atoms with Crippen molar-refractivity contribution in [2.45, 2.75) is 105 Å². The zero-order valence-electron chi connectivity index (χ0n) is 42.1. The second-order valence-electron chi connectivity index (χ2n) is 17.8. The molecule has 0 saturated heterocycles. The van der Waals surface area contributed by atoms with Gasteiger partial charge in [-0.05, 0) is 137 Å². The van der Waals surface area contributed by atoms with Crippen molar-refractivity contribution in [3.05, 3.63) is 153 Å². The molecule has 0 bridgehead atoms. The molecule has 0 saturated carbocycles. The first-order valence-electron chi connectivity index (χ1n) is 22.8. The molecule has 396 valence electrons. The van der Waals surface area contributed by atoms with Crippen molar-refractivity contribution >= 4 is 87.1 Å². The number of hydrogen-bond donors (Lipinski definition) is 1. The predicted molar refractivity (Wildman–Crippen MR) is 300 cm³/mol. The van der Waals surface area contributed by atoms with Crippen LogP contribution in [0.4, 0.5) is 30.7 Å². The molecule has 0 radical (unpaired) electrons. The van der Waals surface area contributed by atoms with E-state index in [1.165, 1.54) is 35.1 Å². The van der Waals surface area contributed by atoms with Crippen molar-refractivity contribution in [3.63, 3.8) is 0 Å². The molecular formula is C54H66F7N3O4P3S2+. The zero-order valence-corrected chi connectivity index (χ0v) is 46.7. The summed E-state index contributed by atoms with van der Waals surface area (Å²) in [7, 11) is -0.781. The van der Waals surface area contributed by atoms with Crippen molar-refractivity contribution < 1.29 is 49.5 Å². The fraction of sp³-hybridized carbons (Fsp3) is 0.389. The Labute approximate surface area is 440 Å². The molecule has 0 aliphatic carbocycles. The van der Waals surface area contributed by atoms with Crippen LogP contribution in [0.15, 0.2) is 118 Å². The summed E-state index contributed by atoms with van der Waals surface area (Å²) in [6.07, 6.45) is -7.14. The van der Waals surface area contributed by atoms with Crippen LogP contribution in [-0.2, 0) is 31.1 Å². The van der Waals surface area contributed by atoms with E-state index >= 15 is 0 Å². The van der Waals surface area contributed by atoms with Crippen LogP contribution in [0.3, 0.4) is 0 Å². The van der Waals surface area contributed by atoms with Gasteiger partial charge in [0.1, 0.15) is 43.7 Å². The molecule has 6 atom stereocenters. The van der Waals surface area contributed by atoms with E-state index in [1.54, 1.807) is 32.0 Å². The maximum atomic E-state index is 13.8. The lowest BCUT2D eigenvalue weighted by Crippen LogP contribution is -2.18. The smallest absolute Gasteiger partial charge is 0.416 e. The van der Waals surface area contributed by atoms with Crippen LogP contribution >= 0.6 is 48.2 Å². The molecule has 3 aliphatic heterocycles. The third kappa shape index (κ3) is 20.4. The molecule has 3 heterocycles. The third-order valence-corrected chi connectivity index (χ3v) is 16.0. The van der Waals surface area contributed by atoms with Gasteiger partial charge in [0.15, 0.2) is 0 Å². The Bertz CT molecular complexity index is 2710. The van der Waals surface area contributed by atoms with Gasteiger partial charge in [0, 0.05) is 16.7 Å². The van der Waals surface area contributed by atoms with Gasteiger partial charge in [-0.2, -0.15) is 39.0 Å². The van der Waals surface area contributed by atoms with Crippen molar-refractivity contribution in [2.75, 3.05) is 32.7 Å². The van der Waals surface area contributed by atoms with Gasteiger partial charge >= 0.3 is 19.4 Å². The number of halogens is 7. The highest BCUT2D eigenvalue weighted by Gasteiger charge is 2.34. The SMILES string of the molecule is C.CS.C[P+](=O)SC(C)(C)C.Cc1ccc(Pc2ccc(C(F)(F)F)cc2C2=N[C@@H](C)CO2)cc1.Cc1ccc(Pc2ccc(C(F)(F)F)cc2C2=N[C@@H](C)CO2)cc1F.Cc1ccccc1C1=N[C@@H](C)CO1. The predicted octanol–water partition coefficient (Wildman–Crippen LogP) is 14.0. The molecule has 8 rings (SSSR count). The Morgan fingerprint density at radius 1 is 0.589 bits per heavy atom. The van der Waals surface area contributed by atoms with Crippen molar-refractivity contribution in [1.29, 1.82) is 0 Å². The number of nitrogens with zero attached hydrogens (tertiary/aromatic N) is 3. The monoisotopic (exact) mass is 1110 g/mol. The summed E-state index contributed by atoms with van der Waals surface area (Å²) in [6.45, 7) is 20.9. The Morgan fingerprint density at radius 2 is 1.00 bits per heavy atom. The highest BCUT2D eigenvalue weighted by atomic mass is 32.7. The van der Waals surface area contributed by atoms with Crippen molar-refractivity contribution in [2.24, 2.45) is 15.0 Å². The first-order valence-corrected chi connectivity index (χ1v) is 28.8. The lowest BCUT2D eigenvalue weighted by atomic mass is 10.1. The van der Waals surface area contributed by atoms with Gasteiger partial charge in [0.05, 0.1) is 34.0 Å². The lowest BCUT2D eigenvalue weighted by Gasteiger charge is -2.14. The van der Waals surface area contributed by atoms with Gasteiger partial charge < -0.3 is 14.2 Å². The molecule has 0 N–H and O–H groups in total. The normalized spacial score (nSPS) is 17.4. The Morgan fingerprint density at radius 3 is 1.36 bits per heavy atom. The second kappa shape index (κ2) is 28.5. The minimum atomic E-state index is -4.45. The van der Waals surface area contributed by atoms with Gasteiger partial charge in [-0.15, -0.1) is 0 Å². The topological polar surface area (TPSA) is 81.8 Å². The first-order chi connectivity index (χ1) is 33.7. The number of aryl methyl sites for hydroxylation is 3. The highest BCUT2D eigenvalue weighted by molar-refractivity contribution is 8.52. The molecule has 19 heteroatoms. The van der Waals surface area contributed by atoms with E-state index < -0.39 is 30.5 Å². The van der Waals surface area contributed by atoms with Crippen LogP contribution in [0, 0.1) is 26.6 Å². The maximum absolute atomic E-state index is 13.8. The molecule has 0 amide bonds. The summed E-state index contributed by atoms with van der Waals surface area (Å²) in [6, 6.07) is 28.5. The Balaban J connectivity index is 0.000000272. The number of alkyl halides is 6. The van der Waals surface area contributed by atoms with Crippen LogP contribution in [0.25, 0.3) is 0 Å². The quantitative estimate of drug-likeness (QED) is 0.0951. The molecule has 3 unspecified atom stereocenters. The Kier molecular flexibility index (Phi) is 24.6. The maximum Gasteiger partial charge on any atom is 0.416 e. The standard InChI is InChI=1S/C18H16F4NOP.C18H17F3NOP.C11H13NO.C5H12OPS.CH4S.CH4/c1-10-3-5-13(8-15(10)19)25-16-6-4-12(18(20,21)22)7-14(16)17-23-11(2)9-24-17;1-11-3-6-14(7-4-11)24-16-8-5-13(18(19,20)21)9-15(16)17-22-12(2)10-23-17;1-8-5-3-4-6-10(8)11-12-9(2)7-13-11;1-5(2,3)8-7(4)6;1-2;/h3-8,11,25H,9H2,1-2H3;3-9,12,24H,10H2,1-2H3;3-6,9H,7H2,1-2H3;1-4H3;2H,1H3;1H4/q;;;+1;;/t11-;12-;9-;;;/m000.../s1. The van der Waals surface area contributed by atoms with E-state index in [4.69, 9.17) is 14.2 Å². The number of ether oxygens (including phenoxy) is 3. The number of thiol groups is 1. The molecule has 5 aromatic carbocycles. The average molecular weight is 1110 g/mol. The fourth-order valence-corrected chi connectivity index (χ4v) is 12.1. The molecule has 7 nitrogen and oxygen atoms in total. The first kappa shape index (κ1) is 63.0. The van der Waals surface area contributed by atoms with E-state index in [0.29, 0.717) is 59.1 Å². The van der Waals surface area contributed by atoms with Crippen LogP contribution in [-0.4, -0.2) is 73.3 Å². The Hall–Kier alpha value is -4.32. The summed E-state index contributed by atoms with van der Waals surface area (Å²) in [4.78, 5) is 13.0. The fourth-order valence-electron chi connectivity index (χ4n) is 6.69. The van der Waals surface area contributed by atoms with E-state index in [2.05, 4.69) is 68.3 Å². The zero-order chi connectivity index (χ0) is 53.6. The number of benzene rings is 5. The number of aliphatic imine (C=N–C) groups is 3. The minimum Gasteiger partial charge on any atom is -0.475 e. The molecule has 0 fully saturated rings. The second-order valence-corrected chi connectivity index (χ2v) is 24.9. The van der Waals surface area contributed by atoms with Crippen LogP contribution < -0.4 is 21.2 Å². The molecule has 0 spiro atoms. The average Bonchev–Trinajstić information content (AvgIpc) is 4.07. The van der Waals surface area contributed by atoms with E-state index in [-0.39, 0.29) is 53.1 Å². The summed E-state index contributed by atoms with van der Waals surface area (Å²) in [5.74, 6) is 0.990. The lowest BCUT2D eigenvalue weighted by molar-refractivity contribution is -0.138. The number of hydrogen-bond acceptors (Lipinski definition) is 9. The summed E-state index contributed by atoms with van der Waals surface area (Å²) in [5, 5.41) is 3.22. The van der Waals surface area contributed by atoms with Crippen LogP contribution in [0.5, 0.6) is 0 Å².